The van der Waals surface area contributed by atoms with Gasteiger partial charge >= 0.3 is 0 Å². The zero-order chi connectivity index (χ0) is 14.3. The zero-order valence-corrected chi connectivity index (χ0v) is 13.4. The van der Waals surface area contributed by atoms with Crippen LogP contribution >= 0.6 is 0 Å². The minimum Gasteiger partial charge on any atom is -0.311 e. The van der Waals surface area contributed by atoms with E-state index in [-0.39, 0.29) is 0 Å². The van der Waals surface area contributed by atoms with Crippen LogP contribution < -0.4 is 5.32 Å². The lowest BCUT2D eigenvalue weighted by Gasteiger charge is -2.33. The SMILES string of the molecule is CCc1nc(C)cc2c1C[C@H]1[C@H](C2)[C@@H](CC)N[C@@H]1CC. The van der Waals surface area contributed by atoms with Crippen LogP contribution in [0.3, 0.4) is 0 Å². The fourth-order valence-electron chi connectivity index (χ4n) is 4.60. The van der Waals surface area contributed by atoms with Gasteiger partial charge in [0, 0.05) is 23.5 Å². The van der Waals surface area contributed by atoms with Crippen LogP contribution in [-0.4, -0.2) is 17.1 Å². The maximum absolute atomic E-state index is 4.79. The molecule has 1 aromatic heterocycles. The molecule has 4 atom stereocenters. The Hall–Kier alpha value is -0.890. The third-order valence-electron chi connectivity index (χ3n) is 5.55. The average molecular weight is 272 g/mol. The fourth-order valence-corrected chi connectivity index (χ4v) is 4.60. The first-order valence-electron chi connectivity index (χ1n) is 8.42. The van der Waals surface area contributed by atoms with Gasteiger partial charge in [0.15, 0.2) is 0 Å². The number of pyridine rings is 1. The van der Waals surface area contributed by atoms with Crippen molar-refractivity contribution < 1.29 is 0 Å². The molecule has 2 heteroatoms. The molecule has 3 rings (SSSR count). The van der Waals surface area contributed by atoms with E-state index in [1.54, 1.807) is 11.1 Å². The average Bonchev–Trinajstić information content (AvgIpc) is 2.81. The van der Waals surface area contributed by atoms with Crippen molar-refractivity contribution in [3.05, 3.63) is 28.6 Å². The van der Waals surface area contributed by atoms with Crippen molar-refractivity contribution in [1.82, 2.24) is 10.3 Å². The topological polar surface area (TPSA) is 24.9 Å². The summed E-state index contributed by atoms with van der Waals surface area (Å²) in [5.41, 5.74) is 5.72. The standard InChI is InChI=1S/C18H28N2/c1-5-16-13-10-15-14(9-12(13)8-11(4)19-16)17(6-2)20-18(15)7-3/h8,14-15,17-18,20H,5-7,9-10H2,1-4H3/t14-,15-,17+,18+/m0/s1. The number of rotatable bonds is 3. The summed E-state index contributed by atoms with van der Waals surface area (Å²) in [5.74, 6) is 1.66. The van der Waals surface area contributed by atoms with Crippen LogP contribution in [0.1, 0.15) is 56.1 Å². The molecule has 0 saturated carbocycles. The molecule has 2 aliphatic rings. The minimum absolute atomic E-state index is 0.712. The molecule has 1 aliphatic carbocycles. The van der Waals surface area contributed by atoms with E-state index in [9.17, 15) is 0 Å². The number of nitrogens with zero attached hydrogens (tertiary/aromatic N) is 1. The highest BCUT2D eigenvalue weighted by Crippen LogP contribution is 2.41. The molecule has 1 aliphatic heterocycles. The Morgan fingerprint density at radius 2 is 1.75 bits per heavy atom. The van der Waals surface area contributed by atoms with Gasteiger partial charge in [-0.25, -0.2) is 0 Å². The van der Waals surface area contributed by atoms with Crippen LogP contribution in [0.4, 0.5) is 0 Å². The highest BCUT2D eigenvalue weighted by molar-refractivity contribution is 5.37. The Kier molecular flexibility index (Phi) is 3.85. The second kappa shape index (κ2) is 5.48. The van der Waals surface area contributed by atoms with Crippen LogP contribution in [0.15, 0.2) is 6.07 Å². The molecule has 2 heterocycles. The van der Waals surface area contributed by atoms with Crippen LogP contribution in [0.25, 0.3) is 0 Å². The van der Waals surface area contributed by atoms with Gasteiger partial charge in [-0.05, 0) is 68.1 Å². The van der Waals surface area contributed by atoms with Crippen molar-refractivity contribution in [3.8, 4) is 0 Å². The molecule has 0 unspecified atom stereocenters. The summed E-state index contributed by atoms with van der Waals surface area (Å²) >= 11 is 0. The van der Waals surface area contributed by atoms with E-state index in [0.717, 1.165) is 24.3 Å². The predicted molar refractivity (Wildman–Crippen MR) is 84.0 cm³/mol. The van der Waals surface area contributed by atoms with Gasteiger partial charge in [-0.3, -0.25) is 4.98 Å². The Bertz CT molecular complexity index is 494. The number of nitrogens with one attached hydrogen (secondary N) is 1. The van der Waals surface area contributed by atoms with Gasteiger partial charge in [0.25, 0.3) is 0 Å². The van der Waals surface area contributed by atoms with E-state index < -0.39 is 0 Å². The Balaban J connectivity index is 1.98. The molecule has 1 aromatic rings. The van der Waals surface area contributed by atoms with Crippen LogP contribution in [0, 0.1) is 18.8 Å². The van der Waals surface area contributed by atoms with Crippen molar-refractivity contribution in [2.24, 2.45) is 11.8 Å². The van der Waals surface area contributed by atoms with Gasteiger partial charge in [0.2, 0.25) is 0 Å². The second-order valence-electron chi connectivity index (χ2n) is 6.63. The summed E-state index contributed by atoms with van der Waals surface area (Å²) in [4.78, 5) is 4.79. The summed E-state index contributed by atoms with van der Waals surface area (Å²) < 4.78 is 0. The summed E-state index contributed by atoms with van der Waals surface area (Å²) in [7, 11) is 0. The number of hydrogen-bond acceptors (Lipinski definition) is 2. The van der Waals surface area contributed by atoms with Crippen molar-refractivity contribution in [2.45, 2.75) is 71.9 Å². The molecule has 0 aromatic carbocycles. The highest BCUT2D eigenvalue weighted by atomic mass is 15.0. The first-order valence-corrected chi connectivity index (χ1v) is 8.42. The van der Waals surface area contributed by atoms with E-state index in [1.807, 2.05) is 0 Å². The smallest absolute Gasteiger partial charge is 0.0438 e. The van der Waals surface area contributed by atoms with E-state index in [0.29, 0.717) is 6.04 Å². The largest absolute Gasteiger partial charge is 0.311 e. The van der Waals surface area contributed by atoms with Crippen molar-refractivity contribution in [1.29, 1.82) is 0 Å². The molecular formula is C18H28N2. The highest BCUT2D eigenvalue weighted by Gasteiger charge is 2.43. The molecule has 1 N–H and O–H groups in total. The number of aryl methyl sites for hydroxylation is 2. The molecule has 0 amide bonds. The molecule has 0 bridgehead atoms. The Morgan fingerprint density at radius 1 is 1.10 bits per heavy atom. The molecule has 0 spiro atoms. The molecule has 20 heavy (non-hydrogen) atoms. The van der Waals surface area contributed by atoms with Crippen LogP contribution in [-0.2, 0) is 19.3 Å². The Labute approximate surface area is 123 Å². The lowest BCUT2D eigenvalue weighted by Crippen LogP contribution is -2.31. The zero-order valence-electron chi connectivity index (χ0n) is 13.4. The van der Waals surface area contributed by atoms with Gasteiger partial charge in [-0.15, -0.1) is 0 Å². The van der Waals surface area contributed by atoms with E-state index >= 15 is 0 Å². The summed E-state index contributed by atoms with van der Waals surface area (Å²) in [5, 5.41) is 3.90. The molecule has 2 nitrogen and oxygen atoms in total. The van der Waals surface area contributed by atoms with Crippen molar-refractivity contribution in [3.63, 3.8) is 0 Å². The van der Waals surface area contributed by atoms with E-state index in [4.69, 9.17) is 4.98 Å². The van der Waals surface area contributed by atoms with Gasteiger partial charge in [0.1, 0.15) is 0 Å². The Morgan fingerprint density at radius 3 is 2.35 bits per heavy atom. The normalized spacial score (nSPS) is 32.0. The number of hydrogen-bond donors (Lipinski definition) is 1. The molecule has 110 valence electrons. The van der Waals surface area contributed by atoms with Crippen LogP contribution in [0.5, 0.6) is 0 Å². The second-order valence-corrected chi connectivity index (χ2v) is 6.63. The summed E-state index contributed by atoms with van der Waals surface area (Å²) in [6.45, 7) is 9.05. The number of fused-ring (bicyclic) bond motifs is 2. The van der Waals surface area contributed by atoms with Gasteiger partial charge < -0.3 is 5.32 Å². The molecular weight excluding hydrogens is 244 g/mol. The van der Waals surface area contributed by atoms with E-state index in [1.165, 1.54) is 37.1 Å². The molecule has 0 radical (unpaired) electrons. The lowest BCUT2D eigenvalue weighted by atomic mass is 9.71. The quantitative estimate of drug-likeness (QED) is 0.911. The van der Waals surface area contributed by atoms with Crippen molar-refractivity contribution in [2.75, 3.05) is 0 Å². The maximum Gasteiger partial charge on any atom is 0.0438 e. The van der Waals surface area contributed by atoms with Gasteiger partial charge in [-0.2, -0.15) is 0 Å². The summed E-state index contributed by atoms with van der Waals surface area (Å²) in [6, 6.07) is 3.78. The summed E-state index contributed by atoms with van der Waals surface area (Å²) in [6.07, 6.45) is 6.10. The van der Waals surface area contributed by atoms with Gasteiger partial charge in [0.05, 0.1) is 0 Å². The first kappa shape index (κ1) is 14.1. The third kappa shape index (κ3) is 2.18. The maximum atomic E-state index is 4.79. The fraction of sp³-hybridized carbons (Fsp3) is 0.722. The van der Waals surface area contributed by atoms with E-state index in [2.05, 4.69) is 39.1 Å². The lowest BCUT2D eigenvalue weighted by molar-refractivity contribution is 0.308. The minimum atomic E-state index is 0.712. The monoisotopic (exact) mass is 272 g/mol. The molecule has 1 saturated heterocycles. The predicted octanol–water partition coefficient (Wildman–Crippen LogP) is 3.44. The first-order chi connectivity index (χ1) is 9.67. The third-order valence-corrected chi connectivity index (χ3v) is 5.55. The van der Waals surface area contributed by atoms with Crippen LogP contribution in [0.2, 0.25) is 0 Å². The van der Waals surface area contributed by atoms with Crippen molar-refractivity contribution >= 4 is 0 Å². The number of aromatic nitrogens is 1. The van der Waals surface area contributed by atoms with Gasteiger partial charge in [-0.1, -0.05) is 20.8 Å². The molecule has 1 fully saturated rings.